The van der Waals surface area contributed by atoms with Crippen molar-refractivity contribution in [2.75, 3.05) is 0 Å². The number of aryl methyl sites for hydroxylation is 1. The highest BCUT2D eigenvalue weighted by Crippen LogP contribution is 2.32. The van der Waals surface area contributed by atoms with E-state index in [0.29, 0.717) is 6.42 Å². The van der Waals surface area contributed by atoms with Crippen LogP contribution in [0.1, 0.15) is 77.4 Å². The molecule has 5 atom stereocenters. The molecule has 1 aromatic heterocycles. The number of Topliss-reactive ketones (excluding diaryl/α,β-unsaturated/α-hetero) is 1. The van der Waals surface area contributed by atoms with E-state index in [0.717, 1.165) is 35.5 Å². The first-order chi connectivity index (χ1) is 15.4. The maximum Gasteiger partial charge on any atom is 0.309 e. The maximum absolute atomic E-state index is 13.1. The number of carbonyl (C=O) groups is 2. The zero-order valence-electron chi connectivity index (χ0n) is 20.7. The lowest BCUT2D eigenvalue weighted by atomic mass is 9.73. The van der Waals surface area contributed by atoms with E-state index in [1.807, 2.05) is 38.3 Å². The average Bonchev–Trinajstić information content (AvgIpc) is 3.16. The van der Waals surface area contributed by atoms with Gasteiger partial charge < -0.3 is 14.9 Å². The third-order valence-corrected chi connectivity index (χ3v) is 7.47. The molecule has 33 heavy (non-hydrogen) atoms. The van der Waals surface area contributed by atoms with Gasteiger partial charge in [0.15, 0.2) is 0 Å². The van der Waals surface area contributed by atoms with E-state index in [-0.39, 0.29) is 18.1 Å². The van der Waals surface area contributed by atoms with Gasteiger partial charge in [-0.2, -0.15) is 0 Å². The molecule has 0 radical (unpaired) electrons. The molecule has 1 aromatic rings. The second kappa shape index (κ2) is 12.0. The highest BCUT2D eigenvalue weighted by Gasteiger charge is 2.42. The lowest BCUT2D eigenvalue weighted by Gasteiger charge is -2.34. The summed E-state index contributed by atoms with van der Waals surface area (Å²) in [6, 6.07) is 0. The topological polar surface area (TPSA) is 96.7 Å². The molecule has 6 nitrogen and oxygen atoms in total. The van der Waals surface area contributed by atoms with E-state index in [1.54, 1.807) is 32.1 Å². The molecule has 0 amide bonds. The summed E-state index contributed by atoms with van der Waals surface area (Å²) in [6.07, 6.45) is 6.28. The van der Waals surface area contributed by atoms with Crippen molar-refractivity contribution in [3.63, 3.8) is 0 Å². The number of esters is 1. The number of ether oxygens (including phenoxy) is 1. The van der Waals surface area contributed by atoms with Crippen molar-refractivity contribution in [2.24, 2.45) is 17.3 Å². The smallest absolute Gasteiger partial charge is 0.309 e. The molecular weight excluding hydrogens is 438 g/mol. The van der Waals surface area contributed by atoms with E-state index in [4.69, 9.17) is 4.74 Å². The number of ketones is 1. The number of hydrogen-bond donors (Lipinski definition) is 2. The second-order valence-corrected chi connectivity index (χ2v) is 10.9. The molecule has 0 unspecified atom stereocenters. The SMILES string of the molecule is C/C(=C\c1csc(C)n1)[C@@H]1C/C=C/CCC[C@H](C)[C@H](O)[C@@H](C)C(=O)C(C)(C)[C@H](O)CC(=O)O1. The Balaban J connectivity index is 2.27. The Morgan fingerprint density at radius 1 is 1.24 bits per heavy atom. The van der Waals surface area contributed by atoms with E-state index < -0.39 is 35.6 Å². The number of aromatic nitrogens is 1. The standard InChI is InChI=1S/C26H39NO5S/c1-16-11-9-7-8-10-12-21(17(2)13-20-15-33-19(4)27-20)32-23(29)14-22(28)26(5,6)25(31)18(3)24(16)30/h8,10,13,15-16,18,21-22,24,28,30H,7,9,11-12,14H2,1-6H3/b10-8+,17-13+/t16-,18+,21-,22+,24-/m0/s1. The summed E-state index contributed by atoms with van der Waals surface area (Å²) in [5, 5.41) is 24.4. The van der Waals surface area contributed by atoms with Crippen LogP contribution in [0.4, 0.5) is 0 Å². The van der Waals surface area contributed by atoms with Crippen LogP contribution < -0.4 is 0 Å². The molecule has 2 rings (SSSR count). The average molecular weight is 478 g/mol. The summed E-state index contributed by atoms with van der Waals surface area (Å²) in [5.74, 6) is -1.48. The van der Waals surface area contributed by atoms with Crippen molar-refractivity contribution in [2.45, 2.75) is 92.0 Å². The van der Waals surface area contributed by atoms with Gasteiger partial charge in [0.25, 0.3) is 0 Å². The molecule has 0 saturated carbocycles. The Kier molecular flexibility index (Phi) is 10.0. The van der Waals surface area contributed by atoms with Gasteiger partial charge in [-0.05, 0) is 50.7 Å². The van der Waals surface area contributed by atoms with Crippen LogP contribution >= 0.6 is 11.3 Å². The van der Waals surface area contributed by atoms with Gasteiger partial charge in [0.05, 0.1) is 34.7 Å². The second-order valence-electron chi connectivity index (χ2n) is 9.86. The van der Waals surface area contributed by atoms with E-state index in [2.05, 4.69) is 11.1 Å². The fourth-order valence-corrected chi connectivity index (χ4v) is 4.75. The number of carbonyl (C=O) groups excluding carboxylic acids is 2. The zero-order valence-corrected chi connectivity index (χ0v) is 21.5. The van der Waals surface area contributed by atoms with Crippen molar-refractivity contribution in [3.8, 4) is 0 Å². The van der Waals surface area contributed by atoms with Crippen LogP contribution in [0.3, 0.4) is 0 Å². The number of allylic oxidation sites excluding steroid dienone is 1. The minimum Gasteiger partial charge on any atom is -0.457 e. The molecule has 2 N–H and O–H groups in total. The number of thiazole rings is 1. The van der Waals surface area contributed by atoms with Gasteiger partial charge in [0.1, 0.15) is 11.9 Å². The van der Waals surface area contributed by atoms with E-state index in [1.165, 1.54) is 0 Å². The first kappa shape index (κ1) is 27.4. The van der Waals surface area contributed by atoms with Crippen LogP contribution in [0, 0.1) is 24.2 Å². The number of hydrogen-bond acceptors (Lipinski definition) is 7. The Morgan fingerprint density at radius 3 is 2.58 bits per heavy atom. The van der Waals surface area contributed by atoms with Gasteiger partial charge >= 0.3 is 5.97 Å². The highest BCUT2D eigenvalue weighted by atomic mass is 32.1. The normalized spacial score (nSPS) is 31.8. The number of nitrogens with zero attached hydrogens (tertiary/aromatic N) is 1. The third-order valence-electron chi connectivity index (χ3n) is 6.68. The summed E-state index contributed by atoms with van der Waals surface area (Å²) in [6.45, 7) is 10.8. The molecule has 1 aliphatic rings. The van der Waals surface area contributed by atoms with Crippen molar-refractivity contribution < 1.29 is 24.5 Å². The van der Waals surface area contributed by atoms with Crippen molar-refractivity contribution in [1.29, 1.82) is 0 Å². The largest absolute Gasteiger partial charge is 0.457 e. The zero-order chi connectivity index (χ0) is 24.8. The number of aliphatic hydroxyl groups is 2. The van der Waals surface area contributed by atoms with Gasteiger partial charge in [-0.25, -0.2) is 4.98 Å². The van der Waals surface area contributed by atoms with Crippen LogP contribution in [0.25, 0.3) is 6.08 Å². The van der Waals surface area contributed by atoms with Gasteiger partial charge in [-0.1, -0.05) is 39.8 Å². The molecule has 0 saturated heterocycles. The first-order valence-corrected chi connectivity index (χ1v) is 12.7. The van der Waals surface area contributed by atoms with Crippen LogP contribution in [0.15, 0.2) is 23.1 Å². The molecule has 0 aromatic carbocycles. The van der Waals surface area contributed by atoms with E-state index >= 15 is 0 Å². The summed E-state index contributed by atoms with van der Waals surface area (Å²) >= 11 is 1.56. The van der Waals surface area contributed by atoms with E-state index in [9.17, 15) is 19.8 Å². The van der Waals surface area contributed by atoms with Crippen molar-refractivity contribution in [3.05, 3.63) is 33.8 Å². The predicted molar refractivity (Wildman–Crippen MR) is 132 cm³/mol. The van der Waals surface area contributed by atoms with Gasteiger partial charge in [-0.15, -0.1) is 11.3 Å². The molecular formula is C26H39NO5S. The molecule has 184 valence electrons. The Morgan fingerprint density at radius 2 is 1.94 bits per heavy atom. The number of rotatable bonds is 2. The Bertz CT molecular complexity index is 872. The summed E-state index contributed by atoms with van der Waals surface area (Å²) in [7, 11) is 0. The number of aliphatic hydroxyl groups excluding tert-OH is 2. The fourth-order valence-electron chi connectivity index (χ4n) is 4.18. The molecule has 0 spiro atoms. The minimum atomic E-state index is -1.21. The quantitative estimate of drug-likeness (QED) is 0.466. The van der Waals surface area contributed by atoms with Crippen LogP contribution in [-0.2, 0) is 14.3 Å². The maximum atomic E-state index is 13.1. The molecule has 0 fully saturated rings. The summed E-state index contributed by atoms with van der Waals surface area (Å²) in [4.78, 5) is 30.3. The van der Waals surface area contributed by atoms with Crippen molar-refractivity contribution >= 4 is 29.2 Å². The molecule has 0 aliphatic carbocycles. The first-order valence-electron chi connectivity index (χ1n) is 11.8. The minimum absolute atomic E-state index is 0.0392. The summed E-state index contributed by atoms with van der Waals surface area (Å²) < 4.78 is 5.75. The fraction of sp³-hybridized carbons (Fsp3) is 0.654. The van der Waals surface area contributed by atoms with Crippen LogP contribution in [0.5, 0.6) is 0 Å². The molecule has 7 heteroatoms. The van der Waals surface area contributed by atoms with Gasteiger partial charge in [0, 0.05) is 17.7 Å². The lowest BCUT2D eigenvalue weighted by Crippen LogP contribution is -2.45. The predicted octanol–water partition coefficient (Wildman–Crippen LogP) is 4.88. The Hall–Kier alpha value is -1.83. The molecule has 0 bridgehead atoms. The highest BCUT2D eigenvalue weighted by molar-refractivity contribution is 7.09. The molecule has 2 heterocycles. The summed E-state index contributed by atoms with van der Waals surface area (Å²) in [5.41, 5.74) is 0.513. The third kappa shape index (κ3) is 7.59. The van der Waals surface area contributed by atoms with Gasteiger partial charge in [-0.3, -0.25) is 9.59 Å². The Labute approximate surface area is 201 Å². The molecule has 1 aliphatic heterocycles. The number of cyclic esters (lactones) is 1. The monoisotopic (exact) mass is 477 g/mol. The van der Waals surface area contributed by atoms with Gasteiger partial charge in [0.2, 0.25) is 0 Å². The lowest BCUT2D eigenvalue weighted by molar-refractivity contribution is -0.154. The van der Waals surface area contributed by atoms with Crippen LogP contribution in [-0.4, -0.2) is 45.3 Å². The van der Waals surface area contributed by atoms with Crippen molar-refractivity contribution in [1.82, 2.24) is 4.98 Å². The van der Waals surface area contributed by atoms with Crippen LogP contribution in [0.2, 0.25) is 0 Å².